The molecular weight excluding hydrogens is 266 g/mol. The van der Waals surface area contributed by atoms with Gasteiger partial charge in [-0.1, -0.05) is 11.6 Å². The van der Waals surface area contributed by atoms with Crippen LogP contribution in [0.15, 0.2) is 12.1 Å². The fourth-order valence-electron chi connectivity index (χ4n) is 2.47. The van der Waals surface area contributed by atoms with Gasteiger partial charge in [0, 0.05) is 5.69 Å². The summed E-state index contributed by atoms with van der Waals surface area (Å²) < 4.78 is 0. The number of benzene rings is 1. The Kier molecular flexibility index (Phi) is 3.16. The molecule has 2 aliphatic rings. The van der Waals surface area contributed by atoms with Crippen molar-refractivity contribution in [3.8, 4) is 0 Å². The van der Waals surface area contributed by atoms with Crippen molar-refractivity contribution in [1.29, 1.82) is 0 Å². The summed E-state index contributed by atoms with van der Waals surface area (Å²) in [7, 11) is 0. The number of nitrogens with one attached hydrogen (secondary N) is 3. The van der Waals surface area contributed by atoms with E-state index in [1.54, 1.807) is 12.1 Å². The molecule has 0 radical (unpaired) electrons. The molecule has 0 spiro atoms. The summed E-state index contributed by atoms with van der Waals surface area (Å²) in [4.78, 5) is 23.3. The lowest BCUT2D eigenvalue weighted by Crippen LogP contribution is -2.35. The predicted molar refractivity (Wildman–Crippen MR) is 73.4 cm³/mol. The largest absolute Gasteiger partial charge is 0.325 e. The highest BCUT2D eigenvalue weighted by Gasteiger charge is 2.24. The van der Waals surface area contributed by atoms with Gasteiger partial charge in [0.05, 0.1) is 23.2 Å². The lowest BCUT2D eigenvalue weighted by atomic mass is 10.1. The Bertz CT molecular complexity index is 553. The Morgan fingerprint density at radius 2 is 2.26 bits per heavy atom. The van der Waals surface area contributed by atoms with Gasteiger partial charge < -0.3 is 16.0 Å². The van der Waals surface area contributed by atoms with E-state index in [1.807, 2.05) is 0 Å². The van der Waals surface area contributed by atoms with Gasteiger partial charge >= 0.3 is 0 Å². The molecule has 0 saturated carbocycles. The van der Waals surface area contributed by atoms with Crippen LogP contribution in [0, 0.1) is 0 Å². The molecule has 0 aromatic heterocycles. The van der Waals surface area contributed by atoms with Gasteiger partial charge in [-0.2, -0.15) is 0 Å². The van der Waals surface area contributed by atoms with Gasteiger partial charge in [-0.05, 0) is 37.1 Å². The fraction of sp³-hybridized carbons (Fsp3) is 0.385. The van der Waals surface area contributed by atoms with E-state index in [2.05, 4.69) is 16.0 Å². The monoisotopic (exact) mass is 279 g/mol. The van der Waals surface area contributed by atoms with Gasteiger partial charge in [0.1, 0.15) is 0 Å². The minimum Gasteiger partial charge on any atom is -0.325 e. The average Bonchev–Trinajstić information content (AvgIpc) is 2.97. The van der Waals surface area contributed by atoms with Crippen molar-refractivity contribution in [2.45, 2.75) is 25.3 Å². The molecule has 3 rings (SSSR count). The van der Waals surface area contributed by atoms with Gasteiger partial charge in [-0.15, -0.1) is 0 Å². The van der Waals surface area contributed by atoms with Gasteiger partial charge in [0.2, 0.25) is 11.8 Å². The minimum atomic E-state index is -0.149. The first kappa shape index (κ1) is 12.4. The molecule has 2 aliphatic heterocycles. The summed E-state index contributed by atoms with van der Waals surface area (Å²) in [5.74, 6) is -0.122. The van der Waals surface area contributed by atoms with Crippen LogP contribution in [-0.4, -0.2) is 24.4 Å². The highest BCUT2D eigenvalue weighted by molar-refractivity contribution is 6.34. The summed E-state index contributed by atoms with van der Waals surface area (Å²) in [5.41, 5.74) is 2.16. The molecule has 2 amide bonds. The number of carbonyl (C=O) groups is 2. The summed E-state index contributed by atoms with van der Waals surface area (Å²) in [6.07, 6.45) is 2.18. The highest BCUT2D eigenvalue weighted by Crippen LogP contribution is 2.33. The molecule has 1 aromatic carbocycles. The molecule has 5 nitrogen and oxygen atoms in total. The molecule has 2 heterocycles. The summed E-state index contributed by atoms with van der Waals surface area (Å²) >= 11 is 6.12. The van der Waals surface area contributed by atoms with E-state index in [9.17, 15) is 9.59 Å². The normalized spacial score (nSPS) is 21.1. The second kappa shape index (κ2) is 4.83. The van der Waals surface area contributed by atoms with Crippen LogP contribution in [0.3, 0.4) is 0 Å². The van der Waals surface area contributed by atoms with Crippen molar-refractivity contribution in [1.82, 2.24) is 5.32 Å². The molecule has 1 saturated heterocycles. The second-order valence-electron chi connectivity index (χ2n) is 4.85. The van der Waals surface area contributed by atoms with Gasteiger partial charge in [-0.25, -0.2) is 0 Å². The molecule has 1 atom stereocenters. The number of hydrogen-bond donors (Lipinski definition) is 3. The third-order valence-corrected chi connectivity index (χ3v) is 3.77. The predicted octanol–water partition coefficient (Wildman–Crippen LogP) is 1.53. The molecule has 100 valence electrons. The Balaban J connectivity index is 1.79. The van der Waals surface area contributed by atoms with Gasteiger partial charge in [-0.3, -0.25) is 9.59 Å². The summed E-state index contributed by atoms with van der Waals surface area (Å²) in [6, 6.07) is 3.30. The zero-order valence-electron chi connectivity index (χ0n) is 10.3. The standard InChI is InChI=1S/C13H14ClN3O2/c14-8-6-10-7(5-12(18)16-10)4-11(8)17-13(19)9-2-1-3-15-9/h4,6,9,15H,1-3,5H2,(H,16,18)(H,17,19)/t9-/m1/s1. The molecule has 1 fully saturated rings. The van der Waals surface area contributed by atoms with Crippen molar-refractivity contribution < 1.29 is 9.59 Å². The maximum atomic E-state index is 12.0. The third-order valence-electron chi connectivity index (χ3n) is 3.45. The van der Waals surface area contributed by atoms with Gasteiger partial charge in [0.25, 0.3) is 0 Å². The molecule has 6 heteroatoms. The number of carbonyl (C=O) groups excluding carboxylic acids is 2. The molecule has 1 aromatic rings. The van der Waals surface area contributed by atoms with Crippen LogP contribution in [0.25, 0.3) is 0 Å². The van der Waals surface area contributed by atoms with E-state index >= 15 is 0 Å². The maximum Gasteiger partial charge on any atom is 0.241 e. The molecule has 19 heavy (non-hydrogen) atoms. The first-order chi connectivity index (χ1) is 9.13. The van der Waals surface area contributed by atoms with E-state index in [-0.39, 0.29) is 17.9 Å². The molecule has 0 aliphatic carbocycles. The Hall–Kier alpha value is -1.59. The Morgan fingerprint density at radius 1 is 1.42 bits per heavy atom. The van der Waals surface area contributed by atoms with Crippen molar-refractivity contribution >= 4 is 34.8 Å². The van der Waals surface area contributed by atoms with E-state index in [0.29, 0.717) is 17.1 Å². The SMILES string of the molecule is O=C1Cc2cc(NC(=O)[C@H]3CCCN3)c(Cl)cc2N1. The van der Waals surface area contributed by atoms with Crippen LogP contribution in [0.2, 0.25) is 5.02 Å². The number of fused-ring (bicyclic) bond motifs is 1. The fourth-order valence-corrected chi connectivity index (χ4v) is 2.68. The number of anilines is 2. The first-order valence-electron chi connectivity index (χ1n) is 6.30. The number of amides is 2. The number of rotatable bonds is 2. The summed E-state index contributed by atoms with van der Waals surface area (Å²) in [6.45, 7) is 0.869. The van der Waals surface area contributed by atoms with Crippen LogP contribution in [0.4, 0.5) is 11.4 Å². The Morgan fingerprint density at radius 3 is 3.00 bits per heavy atom. The quantitative estimate of drug-likeness (QED) is 0.769. The van der Waals surface area contributed by atoms with Crippen LogP contribution >= 0.6 is 11.6 Å². The van der Waals surface area contributed by atoms with Crippen molar-refractivity contribution in [2.75, 3.05) is 17.2 Å². The van der Waals surface area contributed by atoms with E-state index in [4.69, 9.17) is 11.6 Å². The van der Waals surface area contributed by atoms with Crippen molar-refractivity contribution in [3.05, 3.63) is 22.7 Å². The van der Waals surface area contributed by atoms with Crippen molar-refractivity contribution in [2.24, 2.45) is 0 Å². The third kappa shape index (κ3) is 2.43. The molecule has 0 unspecified atom stereocenters. The van der Waals surface area contributed by atoms with Gasteiger partial charge in [0.15, 0.2) is 0 Å². The number of halogens is 1. The van der Waals surface area contributed by atoms with Crippen molar-refractivity contribution in [3.63, 3.8) is 0 Å². The first-order valence-corrected chi connectivity index (χ1v) is 6.68. The average molecular weight is 280 g/mol. The van der Waals surface area contributed by atoms with Crippen LogP contribution in [0.5, 0.6) is 0 Å². The zero-order chi connectivity index (χ0) is 13.4. The lowest BCUT2D eigenvalue weighted by molar-refractivity contribution is -0.118. The summed E-state index contributed by atoms with van der Waals surface area (Å²) in [5, 5.41) is 9.12. The molecule has 3 N–H and O–H groups in total. The van der Waals surface area contributed by atoms with E-state index < -0.39 is 0 Å². The zero-order valence-corrected chi connectivity index (χ0v) is 11.0. The smallest absolute Gasteiger partial charge is 0.241 e. The lowest BCUT2D eigenvalue weighted by Gasteiger charge is -2.13. The van der Waals surface area contributed by atoms with Crippen LogP contribution in [0.1, 0.15) is 18.4 Å². The van der Waals surface area contributed by atoms with E-state index in [1.165, 1.54) is 0 Å². The topological polar surface area (TPSA) is 70.2 Å². The Labute approximate surface area is 115 Å². The maximum absolute atomic E-state index is 12.0. The highest BCUT2D eigenvalue weighted by atomic mass is 35.5. The van der Waals surface area contributed by atoms with E-state index in [0.717, 1.165) is 30.6 Å². The van der Waals surface area contributed by atoms with Crippen LogP contribution in [-0.2, 0) is 16.0 Å². The minimum absolute atomic E-state index is 0.0491. The number of hydrogen-bond acceptors (Lipinski definition) is 3. The van der Waals surface area contributed by atoms with Crippen LogP contribution < -0.4 is 16.0 Å². The second-order valence-corrected chi connectivity index (χ2v) is 5.26. The molecule has 0 bridgehead atoms. The molecular formula is C13H14ClN3O2.